The zero-order valence-electron chi connectivity index (χ0n) is 12.7. The SMILES string of the molecule is Cc1cc(N)c(C)c(S(=O)(=O)NC2(C)CCCC2)c1C. The zero-order valence-corrected chi connectivity index (χ0v) is 13.5. The van der Waals surface area contributed by atoms with E-state index in [4.69, 9.17) is 5.73 Å². The standard InChI is InChI=1S/C15H24N2O2S/c1-10-9-13(16)12(3)14(11(10)2)20(18,19)17-15(4)7-5-6-8-15/h9,17H,5-8,16H2,1-4H3. The lowest BCUT2D eigenvalue weighted by Crippen LogP contribution is -2.44. The number of anilines is 1. The smallest absolute Gasteiger partial charge is 0.241 e. The molecule has 0 atom stereocenters. The highest BCUT2D eigenvalue weighted by atomic mass is 32.2. The normalized spacial score (nSPS) is 18.4. The van der Waals surface area contributed by atoms with Crippen LogP contribution in [-0.4, -0.2) is 14.0 Å². The van der Waals surface area contributed by atoms with E-state index in [1.165, 1.54) is 0 Å². The van der Waals surface area contributed by atoms with Crippen molar-refractivity contribution in [3.63, 3.8) is 0 Å². The third-order valence-corrected chi connectivity index (χ3v) is 6.35. The van der Waals surface area contributed by atoms with Gasteiger partial charge in [0.25, 0.3) is 0 Å². The lowest BCUT2D eigenvalue weighted by Gasteiger charge is -2.26. The minimum Gasteiger partial charge on any atom is -0.398 e. The van der Waals surface area contributed by atoms with Crippen molar-refractivity contribution in [3.05, 3.63) is 22.8 Å². The number of nitrogen functional groups attached to an aromatic ring is 1. The van der Waals surface area contributed by atoms with Gasteiger partial charge in [0.2, 0.25) is 10.0 Å². The van der Waals surface area contributed by atoms with E-state index >= 15 is 0 Å². The van der Waals surface area contributed by atoms with Crippen LogP contribution in [-0.2, 0) is 10.0 Å². The van der Waals surface area contributed by atoms with Crippen LogP contribution in [0.2, 0.25) is 0 Å². The number of hydrogen-bond acceptors (Lipinski definition) is 3. The molecule has 0 saturated heterocycles. The van der Waals surface area contributed by atoms with E-state index in [1.54, 1.807) is 6.92 Å². The second-order valence-electron chi connectivity index (χ2n) is 6.24. The Labute approximate surface area is 121 Å². The van der Waals surface area contributed by atoms with Crippen molar-refractivity contribution in [1.82, 2.24) is 4.72 Å². The van der Waals surface area contributed by atoms with Crippen LogP contribution in [0.3, 0.4) is 0 Å². The van der Waals surface area contributed by atoms with Gasteiger partial charge in [-0.2, -0.15) is 0 Å². The van der Waals surface area contributed by atoms with E-state index in [-0.39, 0.29) is 5.54 Å². The quantitative estimate of drug-likeness (QED) is 0.842. The molecule has 1 fully saturated rings. The molecule has 0 unspecified atom stereocenters. The fourth-order valence-electron chi connectivity index (χ4n) is 3.08. The molecule has 1 aromatic carbocycles. The highest BCUT2D eigenvalue weighted by molar-refractivity contribution is 7.89. The minimum absolute atomic E-state index is 0.323. The predicted octanol–water partition coefficient (Wildman–Crippen LogP) is 2.81. The summed E-state index contributed by atoms with van der Waals surface area (Å²) in [5.74, 6) is 0. The Balaban J connectivity index is 2.50. The first-order valence-corrected chi connectivity index (χ1v) is 8.55. The molecule has 2 rings (SSSR count). The second kappa shape index (κ2) is 5.04. The fraction of sp³-hybridized carbons (Fsp3) is 0.600. The van der Waals surface area contributed by atoms with Crippen LogP contribution in [0.4, 0.5) is 5.69 Å². The van der Waals surface area contributed by atoms with Gasteiger partial charge in [-0.15, -0.1) is 0 Å². The highest BCUT2D eigenvalue weighted by Gasteiger charge is 2.35. The predicted molar refractivity (Wildman–Crippen MR) is 82.3 cm³/mol. The van der Waals surface area contributed by atoms with Gasteiger partial charge < -0.3 is 5.73 Å². The maximum absolute atomic E-state index is 12.8. The van der Waals surface area contributed by atoms with Gasteiger partial charge in [-0.3, -0.25) is 0 Å². The number of rotatable bonds is 3. The molecule has 4 nitrogen and oxygen atoms in total. The van der Waals surface area contributed by atoms with Crippen molar-refractivity contribution in [1.29, 1.82) is 0 Å². The lowest BCUT2D eigenvalue weighted by atomic mass is 10.0. The summed E-state index contributed by atoms with van der Waals surface area (Å²) in [6, 6.07) is 1.83. The van der Waals surface area contributed by atoms with Crippen LogP contribution in [0.5, 0.6) is 0 Å². The molecule has 0 heterocycles. The Morgan fingerprint density at radius 1 is 1.15 bits per heavy atom. The van der Waals surface area contributed by atoms with Gasteiger partial charge in [0.05, 0.1) is 4.90 Å². The van der Waals surface area contributed by atoms with Gasteiger partial charge in [-0.25, -0.2) is 13.1 Å². The van der Waals surface area contributed by atoms with E-state index in [0.29, 0.717) is 16.1 Å². The number of nitrogens with one attached hydrogen (secondary N) is 1. The molecule has 1 aliphatic carbocycles. The first kappa shape index (κ1) is 15.3. The Morgan fingerprint density at radius 2 is 1.70 bits per heavy atom. The monoisotopic (exact) mass is 296 g/mol. The molecule has 5 heteroatoms. The fourth-order valence-corrected chi connectivity index (χ4v) is 5.12. The van der Waals surface area contributed by atoms with Crippen molar-refractivity contribution >= 4 is 15.7 Å². The number of hydrogen-bond donors (Lipinski definition) is 2. The average molecular weight is 296 g/mol. The maximum Gasteiger partial charge on any atom is 0.241 e. The van der Waals surface area contributed by atoms with Gasteiger partial charge in [0, 0.05) is 11.2 Å². The summed E-state index contributed by atoms with van der Waals surface area (Å²) in [7, 11) is -3.54. The summed E-state index contributed by atoms with van der Waals surface area (Å²) in [6.07, 6.45) is 3.94. The van der Waals surface area contributed by atoms with Crippen LogP contribution in [0, 0.1) is 20.8 Å². The van der Waals surface area contributed by atoms with Crippen LogP contribution >= 0.6 is 0 Å². The topological polar surface area (TPSA) is 72.2 Å². The van der Waals surface area contributed by atoms with Crippen molar-refractivity contribution in [2.45, 2.75) is 63.8 Å². The van der Waals surface area contributed by atoms with E-state index in [1.807, 2.05) is 26.8 Å². The molecule has 112 valence electrons. The van der Waals surface area contributed by atoms with Gasteiger partial charge in [-0.1, -0.05) is 12.8 Å². The van der Waals surface area contributed by atoms with Crippen molar-refractivity contribution < 1.29 is 8.42 Å². The van der Waals surface area contributed by atoms with Gasteiger partial charge >= 0.3 is 0 Å². The number of sulfonamides is 1. The molecule has 1 saturated carbocycles. The third kappa shape index (κ3) is 2.69. The summed E-state index contributed by atoms with van der Waals surface area (Å²) in [6.45, 7) is 7.49. The van der Waals surface area contributed by atoms with Gasteiger partial charge in [0.1, 0.15) is 0 Å². The van der Waals surface area contributed by atoms with Crippen molar-refractivity contribution in [2.75, 3.05) is 5.73 Å². The van der Waals surface area contributed by atoms with Crippen molar-refractivity contribution in [3.8, 4) is 0 Å². The first-order chi connectivity index (χ1) is 9.16. The number of nitrogens with two attached hydrogens (primary N) is 1. The van der Waals surface area contributed by atoms with E-state index in [9.17, 15) is 8.42 Å². The molecular weight excluding hydrogens is 272 g/mol. The molecule has 3 N–H and O–H groups in total. The molecule has 0 spiro atoms. The molecule has 0 bridgehead atoms. The Kier molecular flexibility index (Phi) is 3.86. The summed E-state index contributed by atoms with van der Waals surface area (Å²) in [4.78, 5) is 0.350. The third-order valence-electron chi connectivity index (χ3n) is 4.43. The van der Waals surface area contributed by atoms with Crippen LogP contribution in [0.15, 0.2) is 11.0 Å². The van der Waals surface area contributed by atoms with Crippen LogP contribution in [0.1, 0.15) is 49.3 Å². The lowest BCUT2D eigenvalue weighted by molar-refractivity contribution is 0.427. The molecule has 0 aliphatic heterocycles. The van der Waals surface area contributed by atoms with Crippen LogP contribution < -0.4 is 10.5 Å². The summed E-state index contributed by atoms with van der Waals surface area (Å²) in [5, 5.41) is 0. The molecule has 1 aromatic rings. The average Bonchev–Trinajstić information content (AvgIpc) is 2.72. The maximum atomic E-state index is 12.8. The number of aryl methyl sites for hydroxylation is 1. The summed E-state index contributed by atoms with van der Waals surface area (Å²) < 4.78 is 28.4. The number of benzene rings is 1. The molecule has 0 radical (unpaired) electrons. The van der Waals surface area contributed by atoms with Crippen molar-refractivity contribution in [2.24, 2.45) is 0 Å². The minimum atomic E-state index is -3.54. The largest absolute Gasteiger partial charge is 0.398 e. The highest BCUT2D eigenvalue weighted by Crippen LogP contribution is 2.33. The molecule has 20 heavy (non-hydrogen) atoms. The summed E-state index contributed by atoms with van der Waals surface area (Å²) >= 11 is 0. The van der Waals surface area contributed by atoms with E-state index in [2.05, 4.69) is 4.72 Å². The Bertz CT molecular complexity index is 604. The Hall–Kier alpha value is -1.07. The van der Waals surface area contributed by atoms with Crippen LogP contribution in [0.25, 0.3) is 0 Å². The molecule has 1 aliphatic rings. The van der Waals surface area contributed by atoms with Gasteiger partial charge in [0.15, 0.2) is 0 Å². The molecule has 0 aromatic heterocycles. The Morgan fingerprint density at radius 3 is 2.25 bits per heavy atom. The zero-order chi connectivity index (χ0) is 15.1. The summed E-state index contributed by atoms with van der Waals surface area (Å²) in [5.41, 5.74) is 8.48. The van der Waals surface area contributed by atoms with E-state index in [0.717, 1.165) is 36.8 Å². The molecule has 0 amide bonds. The van der Waals surface area contributed by atoms with Gasteiger partial charge in [-0.05, 0) is 63.3 Å². The second-order valence-corrected chi connectivity index (χ2v) is 7.85. The van der Waals surface area contributed by atoms with E-state index < -0.39 is 10.0 Å². The molecular formula is C15H24N2O2S. The first-order valence-electron chi connectivity index (χ1n) is 7.06.